The predicted octanol–water partition coefficient (Wildman–Crippen LogP) is 3.19. The first-order valence-corrected chi connectivity index (χ1v) is 5.49. The van der Waals surface area contributed by atoms with E-state index in [1.54, 1.807) is 4.57 Å². The molecule has 1 aromatic carbocycles. The van der Waals surface area contributed by atoms with Crippen LogP contribution in [0.15, 0.2) is 18.5 Å². The number of halogens is 3. The number of hydrogen-bond donors (Lipinski definition) is 0. The Hall–Kier alpha value is -1.56. The van der Waals surface area contributed by atoms with Crippen LogP contribution in [0.4, 0.5) is 13.2 Å². The molecule has 0 atom stereocenters. The van der Waals surface area contributed by atoms with Crippen LogP contribution in [0, 0.1) is 13.8 Å². The van der Waals surface area contributed by atoms with Crippen LogP contribution in [-0.2, 0) is 11.3 Å². The lowest BCUT2D eigenvalue weighted by molar-refractivity contribution is -0.325. The summed E-state index contributed by atoms with van der Waals surface area (Å²) < 4.78 is 41.0. The molecule has 2 rings (SSSR count). The second-order valence-corrected chi connectivity index (χ2v) is 4.16. The van der Waals surface area contributed by atoms with Gasteiger partial charge in [0.25, 0.3) is 0 Å². The third-order valence-corrected chi connectivity index (χ3v) is 2.83. The molecule has 18 heavy (non-hydrogen) atoms. The maximum atomic E-state index is 11.9. The summed E-state index contributed by atoms with van der Waals surface area (Å²) in [5.74, 6) is 0. The summed E-state index contributed by atoms with van der Waals surface area (Å²) in [5, 5.41) is 0. The van der Waals surface area contributed by atoms with Crippen molar-refractivity contribution in [3.63, 3.8) is 0 Å². The smallest absolute Gasteiger partial charge is 0.328 e. The molecule has 0 unspecified atom stereocenters. The van der Waals surface area contributed by atoms with Crippen molar-refractivity contribution >= 4 is 11.0 Å². The molecule has 0 aliphatic carbocycles. The van der Waals surface area contributed by atoms with Crippen molar-refractivity contribution in [2.45, 2.75) is 26.8 Å². The standard InChI is InChI=1S/C12H13F3N2O/c1-8-5-10-11(6-9(8)2)17(7-16-10)3-4-18-12(13,14)15/h5-7H,3-4H2,1-2H3. The minimum Gasteiger partial charge on any atom is -0.328 e. The molecule has 98 valence electrons. The molecule has 0 amide bonds. The summed E-state index contributed by atoms with van der Waals surface area (Å²) in [7, 11) is 0. The first-order chi connectivity index (χ1) is 8.37. The molecule has 6 heteroatoms. The highest BCUT2D eigenvalue weighted by atomic mass is 19.4. The molecule has 1 heterocycles. The van der Waals surface area contributed by atoms with Gasteiger partial charge in [-0.15, -0.1) is 13.2 Å². The normalized spacial score (nSPS) is 12.3. The van der Waals surface area contributed by atoms with Gasteiger partial charge >= 0.3 is 6.36 Å². The lowest BCUT2D eigenvalue weighted by Gasteiger charge is -2.09. The van der Waals surface area contributed by atoms with Gasteiger partial charge in [-0.2, -0.15) is 0 Å². The number of alkyl halides is 3. The van der Waals surface area contributed by atoms with Crippen LogP contribution >= 0.6 is 0 Å². The van der Waals surface area contributed by atoms with Crippen LogP contribution in [0.25, 0.3) is 11.0 Å². The second-order valence-electron chi connectivity index (χ2n) is 4.16. The van der Waals surface area contributed by atoms with Gasteiger partial charge in [0.1, 0.15) is 0 Å². The summed E-state index contributed by atoms with van der Waals surface area (Å²) in [4.78, 5) is 4.16. The van der Waals surface area contributed by atoms with Gasteiger partial charge in [-0.25, -0.2) is 4.98 Å². The SMILES string of the molecule is Cc1cc2ncn(CCOC(F)(F)F)c2cc1C. The van der Waals surface area contributed by atoms with Crippen LogP contribution in [0.3, 0.4) is 0 Å². The largest absolute Gasteiger partial charge is 0.522 e. The molecule has 0 aliphatic heterocycles. The maximum Gasteiger partial charge on any atom is 0.522 e. The molecule has 0 N–H and O–H groups in total. The zero-order chi connectivity index (χ0) is 13.3. The highest BCUT2D eigenvalue weighted by Gasteiger charge is 2.28. The Morgan fingerprint density at radius 2 is 1.89 bits per heavy atom. The van der Waals surface area contributed by atoms with E-state index in [1.807, 2.05) is 26.0 Å². The molecule has 1 aromatic heterocycles. The van der Waals surface area contributed by atoms with Crippen molar-refractivity contribution in [3.8, 4) is 0 Å². The number of hydrogen-bond acceptors (Lipinski definition) is 2. The van der Waals surface area contributed by atoms with E-state index >= 15 is 0 Å². The van der Waals surface area contributed by atoms with Crippen molar-refractivity contribution in [2.24, 2.45) is 0 Å². The summed E-state index contributed by atoms with van der Waals surface area (Å²) in [6.07, 6.45) is -3.05. The first-order valence-electron chi connectivity index (χ1n) is 5.49. The number of imidazole rings is 1. The van der Waals surface area contributed by atoms with E-state index in [9.17, 15) is 13.2 Å². The molecule has 2 aromatic rings. The quantitative estimate of drug-likeness (QED) is 0.845. The van der Waals surface area contributed by atoms with Crippen LogP contribution < -0.4 is 0 Å². The van der Waals surface area contributed by atoms with Crippen LogP contribution in [-0.4, -0.2) is 22.5 Å². The van der Waals surface area contributed by atoms with Crippen molar-refractivity contribution < 1.29 is 17.9 Å². The van der Waals surface area contributed by atoms with E-state index in [0.29, 0.717) is 0 Å². The molecule has 3 nitrogen and oxygen atoms in total. The Balaban J connectivity index is 2.17. The average Bonchev–Trinajstić information content (AvgIpc) is 2.60. The molecule has 0 spiro atoms. The summed E-state index contributed by atoms with van der Waals surface area (Å²) >= 11 is 0. The van der Waals surface area contributed by atoms with E-state index in [1.165, 1.54) is 6.33 Å². The van der Waals surface area contributed by atoms with Gasteiger partial charge in [0.05, 0.1) is 24.0 Å². The van der Waals surface area contributed by atoms with E-state index in [2.05, 4.69) is 9.72 Å². The van der Waals surface area contributed by atoms with E-state index in [4.69, 9.17) is 0 Å². The first kappa shape index (κ1) is 12.9. The molecule has 0 fully saturated rings. The van der Waals surface area contributed by atoms with Gasteiger partial charge in [-0.1, -0.05) is 0 Å². The van der Waals surface area contributed by atoms with E-state index in [0.717, 1.165) is 22.2 Å². The highest BCUT2D eigenvalue weighted by Crippen LogP contribution is 2.19. The number of aromatic nitrogens is 2. The number of aryl methyl sites for hydroxylation is 2. The number of nitrogens with zero attached hydrogens (tertiary/aromatic N) is 2. The topological polar surface area (TPSA) is 27.1 Å². The molecule has 0 saturated carbocycles. The van der Waals surface area contributed by atoms with Crippen molar-refractivity contribution in [1.82, 2.24) is 9.55 Å². The van der Waals surface area contributed by atoms with Crippen molar-refractivity contribution in [1.29, 1.82) is 0 Å². The molecular formula is C12H13F3N2O. The fourth-order valence-corrected chi connectivity index (χ4v) is 1.75. The molecule has 0 radical (unpaired) electrons. The third-order valence-electron chi connectivity index (χ3n) is 2.83. The van der Waals surface area contributed by atoms with Crippen LogP contribution in [0.1, 0.15) is 11.1 Å². The predicted molar refractivity (Wildman–Crippen MR) is 61.2 cm³/mol. The summed E-state index contributed by atoms with van der Waals surface area (Å²) in [6, 6.07) is 3.84. The number of fused-ring (bicyclic) bond motifs is 1. The fourth-order valence-electron chi connectivity index (χ4n) is 1.75. The van der Waals surface area contributed by atoms with Crippen molar-refractivity contribution in [2.75, 3.05) is 6.61 Å². The van der Waals surface area contributed by atoms with Gasteiger partial charge in [-0.3, -0.25) is 4.74 Å². The lowest BCUT2D eigenvalue weighted by Crippen LogP contribution is -2.17. The van der Waals surface area contributed by atoms with Crippen LogP contribution in [0.5, 0.6) is 0 Å². The Morgan fingerprint density at radius 1 is 1.22 bits per heavy atom. The Morgan fingerprint density at radius 3 is 2.56 bits per heavy atom. The monoisotopic (exact) mass is 258 g/mol. The maximum absolute atomic E-state index is 11.9. The van der Waals surface area contributed by atoms with Gasteiger partial charge in [0.2, 0.25) is 0 Å². The molecule has 0 bridgehead atoms. The van der Waals surface area contributed by atoms with Gasteiger partial charge in [0, 0.05) is 6.54 Å². The molecular weight excluding hydrogens is 245 g/mol. The average molecular weight is 258 g/mol. The third kappa shape index (κ3) is 2.81. The van der Waals surface area contributed by atoms with Crippen molar-refractivity contribution in [3.05, 3.63) is 29.6 Å². The van der Waals surface area contributed by atoms with Gasteiger partial charge < -0.3 is 4.57 Å². The van der Waals surface area contributed by atoms with Gasteiger partial charge in [-0.05, 0) is 37.1 Å². The van der Waals surface area contributed by atoms with Crippen LogP contribution in [0.2, 0.25) is 0 Å². The number of rotatable bonds is 3. The molecule has 0 saturated heterocycles. The Labute approximate surface area is 102 Å². The minimum atomic E-state index is -4.58. The molecule has 0 aliphatic rings. The second kappa shape index (κ2) is 4.61. The Bertz CT molecular complexity index is 560. The summed E-state index contributed by atoms with van der Waals surface area (Å²) in [6.45, 7) is 3.64. The van der Waals surface area contributed by atoms with E-state index < -0.39 is 13.0 Å². The lowest BCUT2D eigenvalue weighted by atomic mass is 10.1. The van der Waals surface area contributed by atoms with Gasteiger partial charge in [0.15, 0.2) is 0 Å². The zero-order valence-corrected chi connectivity index (χ0v) is 10.1. The summed E-state index contributed by atoms with van der Waals surface area (Å²) in [5.41, 5.74) is 3.80. The minimum absolute atomic E-state index is 0.124. The Kier molecular flexibility index (Phi) is 3.30. The fraction of sp³-hybridized carbons (Fsp3) is 0.417. The number of ether oxygens (including phenoxy) is 1. The highest BCUT2D eigenvalue weighted by molar-refractivity contribution is 5.77. The van der Waals surface area contributed by atoms with E-state index in [-0.39, 0.29) is 6.54 Å². The number of benzene rings is 1. The zero-order valence-electron chi connectivity index (χ0n) is 10.1.